The second-order valence-electron chi connectivity index (χ2n) is 8.33. The molecule has 3 heterocycles. The molecule has 7 heteroatoms. The Balaban J connectivity index is 1.31. The van der Waals surface area contributed by atoms with Crippen molar-refractivity contribution in [3.8, 4) is 22.8 Å². The van der Waals surface area contributed by atoms with Gasteiger partial charge in [0.05, 0.1) is 18.8 Å². The van der Waals surface area contributed by atoms with Crippen LogP contribution in [0.3, 0.4) is 0 Å². The van der Waals surface area contributed by atoms with E-state index in [2.05, 4.69) is 34.3 Å². The van der Waals surface area contributed by atoms with E-state index in [1.165, 1.54) is 5.56 Å². The van der Waals surface area contributed by atoms with Gasteiger partial charge in [0.25, 0.3) is 5.91 Å². The van der Waals surface area contributed by atoms with Crippen molar-refractivity contribution in [1.82, 2.24) is 19.6 Å². The summed E-state index contributed by atoms with van der Waals surface area (Å²) in [6, 6.07) is 16.2. The fourth-order valence-electron chi connectivity index (χ4n) is 4.29. The van der Waals surface area contributed by atoms with Crippen LogP contribution in [-0.4, -0.2) is 64.9 Å². The van der Waals surface area contributed by atoms with E-state index in [1.54, 1.807) is 4.68 Å². The lowest BCUT2D eigenvalue weighted by Crippen LogP contribution is -2.48. The van der Waals surface area contributed by atoms with Crippen molar-refractivity contribution in [3.63, 3.8) is 0 Å². The smallest absolute Gasteiger partial charge is 0.257 e. The summed E-state index contributed by atoms with van der Waals surface area (Å²) in [5.74, 6) is 1.47. The van der Waals surface area contributed by atoms with Gasteiger partial charge in [0, 0.05) is 58.0 Å². The first-order valence-electron chi connectivity index (χ1n) is 11.2. The van der Waals surface area contributed by atoms with Gasteiger partial charge in [0.2, 0.25) is 0 Å². The van der Waals surface area contributed by atoms with Crippen LogP contribution in [0.5, 0.6) is 11.5 Å². The van der Waals surface area contributed by atoms with E-state index in [9.17, 15) is 4.79 Å². The number of aryl methyl sites for hydroxylation is 1. The van der Waals surface area contributed by atoms with Crippen molar-refractivity contribution in [3.05, 3.63) is 65.9 Å². The lowest BCUT2D eigenvalue weighted by molar-refractivity contribution is 0.0629. The third-order valence-electron chi connectivity index (χ3n) is 5.99. The Hall–Kier alpha value is -3.32. The number of piperazine rings is 1. The Labute approximate surface area is 188 Å². The molecule has 1 aromatic heterocycles. The first-order valence-corrected chi connectivity index (χ1v) is 11.2. The van der Waals surface area contributed by atoms with Gasteiger partial charge in [-0.3, -0.25) is 14.4 Å². The first-order chi connectivity index (χ1) is 15.7. The molecule has 0 bridgehead atoms. The molecule has 1 amide bonds. The van der Waals surface area contributed by atoms with E-state index in [-0.39, 0.29) is 5.91 Å². The Bertz CT molecular complexity index is 1090. The summed E-state index contributed by atoms with van der Waals surface area (Å²) in [7, 11) is 1.85. The van der Waals surface area contributed by atoms with Crippen LogP contribution in [0.25, 0.3) is 11.3 Å². The van der Waals surface area contributed by atoms with Crippen LogP contribution in [0.2, 0.25) is 0 Å². The highest BCUT2D eigenvalue weighted by atomic mass is 16.5. The molecule has 1 saturated heterocycles. The van der Waals surface area contributed by atoms with Crippen LogP contribution in [0.1, 0.15) is 22.3 Å². The fraction of sp³-hybridized carbons (Fsp3) is 0.360. The standard InChI is InChI=1S/C25H28N4O3/c1-27-18-21(24(26-27)20-8-9-22-23(16-20)32-15-5-14-31-22)25(30)29-12-10-28(11-13-29)17-19-6-3-2-4-7-19/h2-4,6-9,16,18H,5,10-15,17H2,1H3. The number of amides is 1. The molecular weight excluding hydrogens is 404 g/mol. The number of aromatic nitrogens is 2. The average molecular weight is 433 g/mol. The van der Waals surface area contributed by atoms with Gasteiger partial charge in [-0.25, -0.2) is 0 Å². The molecule has 2 aliphatic heterocycles. The van der Waals surface area contributed by atoms with Crippen LogP contribution in [0, 0.1) is 0 Å². The summed E-state index contributed by atoms with van der Waals surface area (Å²) < 4.78 is 13.3. The van der Waals surface area contributed by atoms with Gasteiger partial charge < -0.3 is 14.4 Å². The minimum absolute atomic E-state index is 0.0274. The van der Waals surface area contributed by atoms with Crippen molar-refractivity contribution >= 4 is 5.91 Å². The largest absolute Gasteiger partial charge is 0.490 e. The molecular formula is C25H28N4O3. The summed E-state index contributed by atoms with van der Waals surface area (Å²) in [5, 5.41) is 4.60. The molecule has 2 aliphatic rings. The van der Waals surface area contributed by atoms with E-state index in [1.807, 2.05) is 42.4 Å². The highest BCUT2D eigenvalue weighted by Gasteiger charge is 2.26. The Morgan fingerprint density at radius 2 is 1.72 bits per heavy atom. The van der Waals surface area contributed by atoms with Crippen LogP contribution in [0.15, 0.2) is 54.7 Å². The number of benzene rings is 2. The summed E-state index contributed by atoms with van der Waals surface area (Å²) in [6.45, 7) is 5.33. The SMILES string of the molecule is Cn1cc(C(=O)N2CCN(Cc3ccccc3)CC2)c(-c2ccc3c(c2)OCCCO3)n1. The average Bonchev–Trinajstić information content (AvgIpc) is 3.06. The molecule has 1 fully saturated rings. The van der Waals surface area contributed by atoms with Crippen molar-refractivity contribution in [1.29, 1.82) is 0 Å². The minimum Gasteiger partial charge on any atom is -0.490 e. The van der Waals surface area contributed by atoms with Gasteiger partial charge in [-0.1, -0.05) is 30.3 Å². The monoisotopic (exact) mass is 432 g/mol. The zero-order valence-electron chi connectivity index (χ0n) is 18.4. The van der Waals surface area contributed by atoms with E-state index >= 15 is 0 Å². The van der Waals surface area contributed by atoms with Crippen LogP contribution < -0.4 is 9.47 Å². The molecule has 2 aromatic carbocycles. The van der Waals surface area contributed by atoms with E-state index in [0.29, 0.717) is 43.3 Å². The zero-order valence-corrected chi connectivity index (χ0v) is 18.4. The molecule has 0 unspecified atom stereocenters. The second-order valence-corrected chi connectivity index (χ2v) is 8.33. The normalized spacial score (nSPS) is 16.6. The molecule has 0 atom stereocenters. The van der Waals surface area contributed by atoms with Crippen LogP contribution in [0.4, 0.5) is 0 Å². The van der Waals surface area contributed by atoms with Gasteiger partial charge in [-0.15, -0.1) is 0 Å². The number of ether oxygens (including phenoxy) is 2. The van der Waals surface area contributed by atoms with Gasteiger partial charge in [-0.05, 0) is 23.8 Å². The Morgan fingerprint density at radius 1 is 0.969 bits per heavy atom. The lowest BCUT2D eigenvalue weighted by Gasteiger charge is -2.34. The van der Waals surface area contributed by atoms with Crippen molar-refractivity contribution in [2.24, 2.45) is 7.05 Å². The number of hydrogen-bond donors (Lipinski definition) is 0. The third kappa shape index (κ3) is 4.34. The lowest BCUT2D eigenvalue weighted by atomic mass is 10.1. The van der Waals surface area contributed by atoms with Gasteiger partial charge in [-0.2, -0.15) is 5.10 Å². The van der Waals surface area contributed by atoms with Crippen molar-refractivity contribution in [2.75, 3.05) is 39.4 Å². The van der Waals surface area contributed by atoms with Crippen molar-refractivity contribution in [2.45, 2.75) is 13.0 Å². The number of carbonyl (C=O) groups is 1. The number of hydrogen-bond acceptors (Lipinski definition) is 5. The predicted molar refractivity (Wildman–Crippen MR) is 122 cm³/mol. The molecule has 0 saturated carbocycles. The molecule has 0 spiro atoms. The molecule has 5 rings (SSSR count). The van der Waals surface area contributed by atoms with Crippen LogP contribution in [-0.2, 0) is 13.6 Å². The summed E-state index contributed by atoms with van der Waals surface area (Å²) in [4.78, 5) is 17.7. The highest BCUT2D eigenvalue weighted by Crippen LogP contribution is 2.35. The maximum Gasteiger partial charge on any atom is 0.257 e. The van der Waals surface area contributed by atoms with Gasteiger partial charge in [0.1, 0.15) is 5.69 Å². The molecule has 0 aliphatic carbocycles. The van der Waals surface area contributed by atoms with Crippen LogP contribution >= 0.6 is 0 Å². The first kappa shape index (κ1) is 20.6. The van der Waals surface area contributed by atoms with E-state index in [0.717, 1.165) is 37.4 Å². The Morgan fingerprint density at radius 3 is 2.50 bits per heavy atom. The number of rotatable bonds is 4. The Kier molecular flexibility index (Phi) is 5.81. The minimum atomic E-state index is 0.0274. The molecule has 3 aromatic rings. The summed E-state index contributed by atoms with van der Waals surface area (Å²) in [5.41, 5.74) is 3.47. The van der Waals surface area contributed by atoms with Gasteiger partial charge >= 0.3 is 0 Å². The predicted octanol–water partition coefficient (Wildman–Crippen LogP) is 3.21. The quantitative estimate of drug-likeness (QED) is 0.634. The van der Waals surface area contributed by atoms with Gasteiger partial charge in [0.15, 0.2) is 11.5 Å². The topological polar surface area (TPSA) is 59.8 Å². The molecule has 166 valence electrons. The summed E-state index contributed by atoms with van der Waals surface area (Å²) >= 11 is 0. The van der Waals surface area contributed by atoms with Crippen molar-refractivity contribution < 1.29 is 14.3 Å². The molecule has 32 heavy (non-hydrogen) atoms. The third-order valence-corrected chi connectivity index (χ3v) is 5.99. The molecule has 7 nitrogen and oxygen atoms in total. The fourth-order valence-corrected chi connectivity index (χ4v) is 4.29. The molecule has 0 N–H and O–H groups in total. The molecule has 0 radical (unpaired) electrons. The van der Waals surface area contributed by atoms with E-state index in [4.69, 9.17) is 9.47 Å². The highest BCUT2D eigenvalue weighted by molar-refractivity contribution is 6.00. The second kappa shape index (κ2) is 9.04. The van der Waals surface area contributed by atoms with E-state index < -0.39 is 0 Å². The maximum atomic E-state index is 13.4. The summed E-state index contributed by atoms with van der Waals surface area (Å²) in [6.07, 6.45) is 2.67. The zero-order chi connectivity index (χ0) is 21.9. The number of carbonyl (C=O) groups excluding carboxylic acids is 1. The number of nitrogens with zero attached hydrogens (tertiary/aromatic N) is 4. The number of fused-ring (bicyclic) bond motifs is 1. The maximum absolute atomic E-state index is 13.4.